The minimum Gasteiger partial charge on any atom is -0.287 e. The van der Waals surface area contributed by atoms with Crippen LogP contribution in [0.25, 0.3) is 0 Å². The van der Waals surface area contributed by atoms with E-state index in [4.69, 9.17) is 0 Å². The highest BCUT2D eigenvalue weighted by atomic mass is 79.9. The van der Waals surface area contributed by atoms with E-state index in [1.807, 2.05) is 31.2 Å². The van der Waals surface area contributed by atoms with Gasteiger partial charge in [-0.2, -0.15) is 0 Å². The van der Waals surface area contributed by atoms with Crippen molar-refractivity contribution in [2.45, 2.75) is 6.92 Å². The van der Waals surface area contributed by atoms with Gasteiger partial charge < -0.3 is 0 Å². The Morgan fingerprint density at radius 3 is 2.65 bits per heavy atom. The molecule has 0 aliphatic carbocycles. The van der Waals surface area contributed by atoms with Gasteiger partial charge in [-0.05, 0) is 50.9 Å². The van der Waals surface area contributed by atoms with Crippen LogP contribution >= 0.6 is 31.9 Å². The lowest BCUT2D eigenvalue weighted by atomic mass is 10.1. The zero-order valence-corrected chi connectivity index (χ0v) is 12.2. The Kier molecular flexibility index (Phi) is 3.74. The molecule has 0 radical (unpaired) electrons. The summed E-state index contributed by atoms with van der Waals surface area (Å²) in [5.41, 5.74) is 2.14. The number of carbonyl (C=O) groups is 1. The van der Waals surface area contributed by atoms with Crippen molar-refractivity contribution in [1.29, 1.82) is 0 Å². The molecule has 0 aliphatic rings. The van der Waals surface area contributed by atoms with Crippen LogP contribution in [0.3, 0.4) is 0 Å². The average molecular weight is 355 g/mol. The first kappa shape index (κ1) is 12.5. The standard InChI is InChI=1S/C13H9Br2NO/c1-8-3-2-4-9(5-8)13(17)12-11(15)6-10(14)7-16-12/h2-7H,1H3. The summed E-state index contributed by atoms with van der Waals surface area (Å²) in [5, 5.41) is 0. The van der Waals surface area contributed by atoms with Gasteiger partial charge in [0.2, 0.25) is 5.78 Å². The minimum absolute atomic E-state index is 0.0759. The van der Waals surface area contributed by atoms with Gasteiger partial charge in [0.25, 0.3) is 0 Å². The third-order valence-electron chi connectivity index (χ3n) is 2.30. The Morgan fingerprint density at radius 1 is 1.24 bits per heavy atom. The monoisotopic (exact) mass is 353 g/mol. The molecule has 0 saturated carbocycles. The maximum atomic E-state index is 12.2. The number of hydrogen-bond acceptors (Lipinski definition) is 2. The van der Waals surface area contributed by atoms with E-state index in [-0.39, 0.29) is 5.78 Å². The second kappa shape index (κ2) is 5.10. The molecule has 0 spiro atoms. The van der Waals surface area contributed by atoms with Crippen LogP contribution in [-0.4, -0.2) is 10.8 Å². The largest absolute Gasteiger partial charge is 0.287 e. The number of nitrogens with zero attached hydrogens (tertiary/aromatic N) is 1. The summed E-state index contributed by atoms with van der Waals surface area (Å²) in [6.45, 7) is 1.96. The quantitative estimate of drug-likeness (QED) is 0.758. The van der Waals surface area contributed by atoms with Crippen molar-refractivity contribution in [3.05, 3.63) is 62.3 Å². The van der Waals surface area contributed by atoms with Crippen molar-refractivity contribution in [1.82, 2.24) is 4.98 Å². The van der Waals surface area contributed by atoms with Crippen LogP contribution in [0.2, 0.25) is 0 Å². The zero-order chi connectivity index (χ0) is 12.4. The molecule has 17 heavy (non-hydrogen) atoms. The van der Waals surface area contributed by atoms with Gasteiger partial charge in [-0.3, -0.25) is 9.78 Å². The lowest BCUT2D eigenvalue weighted by molar-refractivity contribution is 0.103. The molecule has 2 aromatic rings. The van der Waals surface area contributed by atoms with E-state index in [1.165, 1.54) is 0 Å². The molecule has 0 amide bonds. The van der Waals surface area contributed by atoms with Crippen molar-refractivity contribution in [2.24, 2.45) is 0 Å². The molecule has 0 N–H and O–H groups in total. The van der Waals surface area contributed by atoms with Crippen molar-refractivity contribution < 1.29 is 4.79 Å². The number of halogens is 2. The normalized spacial score (nSPS) is 10.3. The van der Waals surface area contributed by atoms with E-state index in [2.05, 4.69) is 36.8 Å². The predicted octanol–water partition coefficient (Wildman–Crippen LogP) is 4.15. The van der Waals surface area contributed by atoms with Crippen LogP contribution in [0.1, 0.15) is 21.6 Å². The lowest BCUT2D eigenvalue weighted by Gasteiger charge is -2.04. The molecule has 1 aromatic carbocycles. The number of ketones is 1. The number of aryl methyl sites for hydroxylation is 1. The van der Waals surface area contributed by atoms with Gasteiger partial charge in [0.1, 0.15) is 5.69 Å². The summed E-state index contributed by atoms with van der Waals surface area (Å²) in [5.74, 6) is -0.0759. The summed E-state index contributed by atoms with van der Waals surface area (Å²) in [6.07, 6.45) is 1.62. The molecule has 2 nitrogen and oxygen atoms in total. The lowest BCUT2D eigenvalue weighted by Crippen LogP contribution is -2.05. The smallest absolute Gasteiger partial charge is 0.212 e. The van der Waals surface area contributed by atoms with Crippen LogP contribution in [-0.2, 0) is 0 Å². The van der Waals surface area contributed by atoms with E-state index in [0.717, 1.165) is 10.0 Å². The van der Waals surface area contributed by atoms with Crippen LogP contribution in [0, 0.1) is 6.92 Å². The van der Waals surface area contributed by atoms with Gasteiger partial charge in [-0.1, -0.05) is 23.8 Å². The second-order valence-electron chi connectivity index (χ2n) is 3.68. The Bertz CT molecular complexity index is 581. The molecule has 0 unspecified atom stereocenters. The molecule has 2 rings (SSSR count). The Hall–Kier alpha value is -1.000. The van der Waals surface area contributed by atoms with Gasteiger partial charge in [0.05, 0.1) is 0 Å². The van der Waals surface area contributed by atoms with Crippen LogP contribution < -0.4 is 0 Å². The topological polar surface area (TPSA) is 30.0 Å². The molecule has 4 heteroatoms. The zero-order valence-electron chi connectivity index (χ0n) is 9.08. The first-order valence-electron chi connectivity index (χ1n) is 5.00. The molecule has 86 valence electrons. The number of hydrogen-bond donors (Lipinski definition) is 0. The molecule has 1 aromatic heterocycles. The first-order valence-corrected chi connectivity index (χ1v) is 6.59. The molecule has 0 atom stereocenters. The number of rotatable bonds is 2. The predicted molar refractivity (Wildman–Crippen MR) is 74.2 cm³/mol. The maximum Gasteiger partial charge on any atom is 0.212 e. The Morgan fingerprint density at radius 2 is 2.00 bits per heavy atom. The van der Waals surface area contributed by atoms with Crippen LogP contribution in [0.5, 0.6) is 0 Å². The number of benzene rings is 1. The Labute approximate surface area is 116 Å². The molecule has 0 aliphatic heterocycles. The van der Waals surface area contributed by atoms with E-state index in [1.54, 1.807) is 12.3 Å². The van der Waals surface area contributed by atoms with E-state index < -0.39 is 0 Å². The minimum atomic E-state index is -0.0759. The van der Waals surface area contributed by atoms with Gasteiger partial charge in [0, 0.05) is 20.7 Å². The molecule has 0 saturated heterocycles. The van der Waals surface area contributed by atoms with Crippen LogP contribution in [0.4, 0.5) is 0 Å². The summed E-state index contributed by atoms with van der Waals surface area (Å²) >= 11 is 6.66. The van der Waals surface area contributed by atoms with Gasteiger partial charge >= 0.3 is 0 Å². The summed E-state index contributed by atoms with van der Waals surface area (Å²) in [4.78, 5) is 16.4. The SMILES string of the molecule is Cc1cccc(C(=O)c2ncc(Br)cc2Br)c1. The molecule has 1 heterocycles. The molecular formula is C13H9Br2NO. The number of aromatic nitrogens is 1. The fraction of sp³-hybridized carbons (Fsp3) is 0.0769. The highest BCUT2D eigenvalue weighted by Gasteiger charge is 2.14. The fourth-order valence-electron chi connectivity index (χ4n) is 1.50. The highest BCUT2D eigenvalue weighted by molar-refractivity contribution is 9.11. The van der Waals surface area contributed by atoms with Crippen molar-refractivity contribution >= 4 is 37.6 Å². The van der Waals surface area contributed by atoms with Gasteiger partial charge in [-0.15, -0.1) is 0 Å². The maximum absolute atomic E-state index is 12.2. The first-order chi connectivity index (χ1) is 8.08. The average Bonchev–Trinajstić information content (AvgIpc) is 2.28. The molecule has 0 fully saturated rings. The number of pyridine rings is 1. The van der Waals surface area contributed by atoms with E-state index in [9.17, 15) is 4.79 Å². The fourth-order valence-corrected chi connectivity index (χ4v) is 2.67. The summed E-state index contributed by atoms with van der Waals surface area (Å²) < 4.78 is 1.53. The van der Waals surface area contributed by atoms with Crippen molar-refractivity contribution in [2.75, 3.05) is 0 Å². The third kappa shape index (κ3) is 2.82. The van der Waals surface area contributed by atoms with Gasteiger partial charge in [-0.25, -0.2) is 0 Å². The second-order valence-corrected chi connectivity index (χ2v) is 5.45. The Balaban J connectivity index is 2.44. The van der Waals surface area contributed by atoms with Crippen molar-refractivity contribution in [3.63, 3.8) is 0 Å². The van der Waals surface area contributed by atoms with Crippen LogP contribution in [0.15, 0.2) is 45.5 Å². The van der Waals surface area contributed by atoms with Gasteiger partial charge in [0.15, 0.2) is 0 Å². The molecular weight excluding hydrogens is 346 g/mol. The van der Waals surface area contributed by atoms with E-state index >= 15 is 0 Å². The van der Waals surface area contributed by atoms with Crippen molar-refractivity contribution in [3.8, 4) is 0 Å². The third-order valence-corrected chi connectivity index (χ3v) is 3.34. The summed E-state index contributed by atoms with van der Waals surface area (Å²) in [6, 6.07) is 9.30. The van der Waals surface area contributed by atoms with E-state index in [0.29, 0.717) is 15.7 Å². The summed E-state index contributed by atoms with van der Waals surface area (Å²) in [7, 11) is 0. The highest BCUT2D eigenvalue weighted by Crippen LogP contribution is 2.22. The molecule has 0 bridgehead atoms. The number of carbonyl (C=O) groups excluding carboxylic acids is 1.